The molecule has 0 aliphatic carbocycles. The molecule has 160 valence electrons. The maximum Gasteiger partial charge on any atom is 0.296 e. The van der Waals surface area contributed by atoms with E-state index < -0.39 is 5.91 Å². The van der Waals surface area contributed by atoms with Crippen molar-refractivity contribution in [2.24, 2.45) is 4.99 Å². The zero-order valence-electron chi connectivity index (χ0n) is 17.9. The van der Waals surface area contributed by atoms with Crippen molar-refractivity contribution in [3.63, 3.8) is 0 Å². The SMILES string of the molecule is C#CC(=O)NC(C)c1ccc(Cl)c(C(C)=N/C(=C(/C)C(=C)O)c2ccc(F)c(C)c2)c1. The summed E-state index contributed by atoms with van der Waals surface area (Å²) in [6.07, 6.45) is 5.13. The summed E-state index contributed by atoms with van der Waals surface area (Å²) in [4.78, 5) is 16.2. The van der Waals surface area contributed by atoms with E-state index in [4.69, 9.17) is 23.0 Å². The lowest BCUT2D eigenvalue weighted by Crippen LogP contribution is -2.25. The maximum atomic E-state index is 13.8. The third kappa shape index (κ3) is 5.84. The minimum atomic E-state index is -0.511. The number of terminal acetylenes is 1. The van der Waals surface area contributed by atoms with E-state index in [0.29, 0.717) is 38.7 Å². The van der Waals surface area contributed by atoms with Crippen LogP contribution in [-0.4, -0.2) is 16.7 Å². The Morgan fingerprint density at radius 3 is 2.55 bits per heavy atom. The summed E-state index contributed by atoms with van der Waals surface area (Å²) in [7, 11) is 0. The molecule has 0 radical (unpaired) electrons. The number of nitrogens with one attached hydrogen (secondary N) is 1. The molecule has 1 atom stereocenters. The van der Waals surface area contributed by atoms with Gasteiger partial charge in [0.1, 0.15) is 11.6 Å². The molecule has 6 heteroatoms. The van der Waals surface area contributed by atoms with Gasteiger partial charge >= 0.3 is 0 Å². The number of halogens is 2. The minimum Gasteiger partial charge on any atom is -0.508 e. The molecule has 0 saturated heterocycles. The second-order valence-corrected chi connectivity index (χ2v) is 7.57. The van der Waals surface area contributed by atoms with Crippen molar-refractivity contribution in [1.82, 2.24) is 5.32 Å². The number of hydrogen-bond donors (Lipinski definition) is 2. The number of benzene rings is 2. The Morgan fingerprint density at radius 2 is 1.97 bits per heavy atom. The predicted octanol–water partition coefficient (Wildman–Crippen LogP) is 5.91. The number of rotatable bonds is 6. The van der Waals surface area contributed by atoms with Crippen LogP contribution in [-0.2, 0) is 4.79 Å². The van der Waals surface area contributed by atoms with Crippen molar-refractivity contribution >= 4 is 28.9 Å². The van der Waals surface area contributed by atoms with Crippen molar-refractivity contribution in [1.29, 1.82) is 0 Å². The van der Waals surface area contributed by atoms with Crippen LogP contribution in [0.15, 0.2) is 59.3 Å². The van der Waals surface area contributed by atoms with E-state index in [-0.39, 0.29) is 17.6 Å². The van der Waals surface area contributed by atoms with Crippen molar-refractivity contribution in [2.75, 3.05) is 0 Å². The lowest BCUT2D eigenvalue weighted by atomic mass is 10.0. The van der Waals surface area contributed by atoms with Crippen LogP contribution in [0.3, 0.4) is 0 Å². The second kappa shape index (κ2) is 10.1. The molecule has 1 unspecified atom stereocenters. The van der Waals surface area contributed by atoms with E-state index in [9.17, 15) is 14.3 Å². The van der Waals surface area contributed by atoms with Crippen molar-refractivity contribution in [2.45, 2.75) is 33.7 Å². The molecule has 0 heterocycles. The van der Waals surface area contributed by atoms with Gasteiger partial charge in [-0.15, -0.1) is 6.42 Å². The quantitative estimate of drug-likeness (QED) is 0.255. The normalized spacial score (nSPS) is 13.1. The third-order valence-corrected chi connectivity index (χ3v) is 5.19. The van der Waals surface area contributed by atoms with Gasteiger partial charge in [-0.25, -0.2) is 4.39 Å². The fraction of sp³-hybridized carbons (Fsp3) is 0.200. The highest BCUT2D eigenvalue weighted by Crippen LogP contribution is 2.28. The first-order chi connectivity index (χ1) is 14.5. The van der Waals surface area contributed by atoms with Gasteiger partial charge in [0.25, 0.3) is 5.91 Å². The van der Waals surface area contributed by atoms with Gasteiger partial charge in [0.15, 0.2) is 0 Å². The standard InChI is InChI=1S/C25H24ClFN2O2/c1-7-24(31)28-16(4)19-8-10-22(26)21(13-19)17(5)29-25(15(3)18(6)30)20-9-11-23(27)14(2)12-20/h1,8-13,16,30H,6H2,2-5H3,(H,28,31)/b25-15-,29-17?. The molecule has 0 aliphatic rings. The average Bonchev–Trinajstić information content (AvgIpc) is 2.73. The van der Waals surface area contributed by atoms with Crippen LogP contribution in [0.25, 0.3) is 5.70 Å². The number of hydrogen-bond acceptors (Lipinski definition) is 3. The van der Waals surface area contributed by atoms with Crippen molar-refractivity contribution in [3.8, 4) is 12.3 Å². The highest BCUT2D eigenvalue weighted by Gasteiger charge is 2.14. The third-order valence-electron chi connectivity index (χ3n) is 4.86. The zero-order chi connectivity index (χ0) is 23.3. The van der Waals surface area contributed by atoms with E-state index >= 15 is 0 Å². The molecule has 0 fully saturated rings. The largest absolute Gasteiger partial charge is 0.508 e. The molecular weight excluding hydrogens is 415 g/mol. The molecule has 1 amide bonds. The maximum absolute atomic E-state index is 13.8. The van der Waals surface area contributed by atoms with E-state index in [0.717, 1.165) is 5.56 Å². The zero-order valence-corrected chi connectivity index (χ0v) is 18.6. The molecule has 2 rings (SSSR count). The monoisotopic (exact) mass is 438 g/mol. The molecule has 0 saturated carbocycles. The Hall–Kier alpha value is -3.36. The predicted molar refractivity (Wildman–Crippen MR) is 125 cm³/mol. The van der Waals surface area contributed by atoms with Crippen LogP contribution >= 0.6 is 11.6 Å². The highest BCUT2D eigenvalue weighted by molar-refractivity contribution is 6.34. The fourth-order valence-corrected chi connectivity index (χ4v) is 3.19. The smallest absolute Gasteiger partial charge is 0.296 e. The van der Waals surface area contributed by atoms with Crippen LogP contribution in [0.2, 0.25) is 5.02 Å². The molecule has 0 spiro atoms. The molecule has 4 nitrogen and oxygen atoms in total. The lowest BCUT2D eigenvalue weighted by molar-refractivity contribution is -0.116. The average molecular weight is 439 g/mol. The summed E-state index contributed by atoms with van der Waals surface area (Å²) in [5.74, 6) is 1.04. The summed E-state index contributed by atoms with van der Waals surface area (Å²) in [5, 5.41) is 13.1. The fourth-order valence-electron chi connectivity index (χ4n) is 2.93. The van der Waals surface area contributed by atoms with Gasteiger partial charge < -0.3 is 10.4 Å². The van der Waals surface area contributed by atoms with Gasteiger partial charge in [-0.2, -0.15) is 0 Å². The minimum absolute atomic E-state index is 0.140. The Labute approximate surface area is 187 Å². The first kappa shape index (κ1) is 23.9. The number of amides is 1. The summed E-state index contributed by atoms with van der Waals surface area (Å²) in [6.45, 7) is 10.5. The van der Waals surface area contributed by atoms with Gasteiger partial charge in [-0.05, 0) is 75.1 Å². The lowest BCUT2D eigenvalue weighted by Gasteiger charge is -2.15. The van der Waals surface area contributed by atoms with E-state index in [1.165, 1.54) is 6.07 Å². The second-order valence-electron chi connectivity index (χ2n) is 7.16. The number of nitrogens with zero attached hydrogens (tertiary/aromatic N) is 1. The van der Waals surface area contributed by atoms with Crippen LogP contribution in [0.5, 0.6) is 0 Å². The molecule has 2 aromatic carbocycles. The number of aliphatic imine (C=N–C) groups is 1. The summed E-state index contributed by atoms with van der Waals surface area (Å²) < 4.78 is 13.8. The van der Waals surface area contributed by atoms with E-state index in [1.807, 2.05) is 12.0 Å². The van der Waals surface area contributed by atoms with Gasteiger partial charge in [0.05, 0.1) is 11.7 Å². The number of carbonyl (C=O) groups excluding carboxylic acids is 1. The molecule has 0 bridgehead atoms. The Bertz CT molecular complexity index is 1140. The van der Waals surface area contributed by atoms with Crippen LogP contribution in [0.1, 0.15) is 49.1 Å². The summed E-state index contributed by atoms with van der Waals surface area (Å²) in [5.41, 5.74) is 4.00. The van der Waals surface area contributed by atoms with Gasteiger partial charge in [-0.3, -0.25) is 9.79 Å². The molecule has 2 aromatic rings. The van der Waals surface area contributed by atoms with Crippen LogP contribution in [0, 0.1) is 25.1 Å². The molecule has 0 aliphatic heterocycles. The number of allylic oxidation sites excluding steroid dienone is 1. The van der Waals surface area contributed by atoms with Crippen LogP contribution in [0.4, 0.5) is 4.39 Å². The Morgan fingerprint density at radius 1 is 1.29 bits per heavy atom. The summed E-state index contributed by atoms with van der Waals surface area (Å²) in [6, 6.07) is 9.60. The van der Waals surface area contributed by atoms with Crippen LogP contribution < -0.4 is 5.32 Å². The molecular formula is C25H24ClFN2O2. The van der Waals surface area contributed by atoms with E-state index in [1.54, 1.807) is 52.0 Å². The number of aryl methyl sites for hydroxylation is 1. The van der Waals surface area contributed by atoms with E-state index in [2.05, 4.69) is 11.9 Å². The molecule has 2 N–H and O–H groups in total. The molecule has 0 aromatic heterocycles. The van der Waals surface area contributed by atoms with Crippen molar-refractivity contribution in [3.05, 3.63) is 87.4 Å². The number of aliphatic hydroxyl groups is 1. The van der Waals surface area contributed by atoms with Crippen molar-refractivity contribution < 1.29 is 14.3 Å². The van der Waals surface area contributed by atoms with Gasteiger partial charge in [0, 0.05) is 27.4 Å². The Kier molecular flexibility index (Phi) is 7.79. The first-order valence-electron chi connectivity index (χ1n) is 9.53. The van der Waals surface area contributed by atoms with Gasteiger partial charge in [-0.1, -0.05) is 24.2 Å². The number of carbonyl (C=O) groups is 1. The highest BCUT2D eigenvalue weighted by atomic mass is 35.5. The van der Waals surface area contributed by atoms with Gasteiger partial charge in [0.2, 0.25) is 0 Å². The Balaban J connectivity index is 2.57. The molecule has 31 heavy (non-hydrogen) atoms. The summed E-state index contributed by atoms with van der Waals surface area (Å²) >= 11 is 6.41. The number of aliphatic hydroxyl groups excluding tert-OH is 1. The topological polar surface area (TPSA) is 61.7 Å². The first-order valence-corrected chi connectivity index (χ1v) is 9.90.